The van der Waals surface area contributed by atoms with Gasteiger partial charge in [0.1, 0.15) is 6.04 Å². The van der Waals surface area contributed by atoms with E-state index in [2.05, 4.69) is 33.4 Å². The third-order valence-electron chi connectivity index (χ3n) is 4.64. The lowest BCUT2D eigenvalue weighted by atomic mass is 10.1. The molecule has 0 saturated carbocycles. The summed E-state index contributed by atoms with van der Waals surface area (Å²) in [5.41, 5.74) is 2.23. The van der Waals surface area contributed by atoms with Crippen LogP contribution in [0.25, 0.3) is 0 Å². The predicted octanol–water partition coefficient (Wildman–Crippen LogP) is 2.03. The number of imidazole rings is 1. The van der Waals surface area contributed by atoms with Crippen LogP contribution in [0.5, 0.6) is 0 Å². The van der Waals surface area contributed by atoms with Gasteiger partial charge in [0.2, 0.25) is 5.91 Å². The maximum atomic E-state index is 12.8. The van der Waals surface area contributed by atoms with E-state index >= 15 is 0 Å². The highest BCUT2D eigenvalue weighted by Gasteiger charge is 2.30. The van der Waals surface area contributed by atoms with Crippen LogP contribution in [0.15, 0.2) is 42.4 Å². The average molecular weight is 370 g/mol. The maximum Gasteiger partial charge on any atom is 0.244 e. The minimum Gasteiger partial charge on any atom is -0.349 e. The van der Waals surface area contributed by atoms with Gasteiger partial charge >= 0.3 is 0 Å². The zero-order chi connectivity index (χ0) is 17.9. The van der Waals surface area contributed by atoms with Crippen molar-refractivity contribution >= 4 is 17.2 Å². The molecular formula is C18H22N6OS. The molecule has 0 spiro atoms. The third kappa shape index (κ3) is 3.56. The molecule has 1 amide bonds. The summed E-state index contributed by atoms with van der Waals surface area (Å²) in [6.07, 6.45) is 7.58. The molecule has 7 nitrogen and oxygen atoms in total. The van der Waals surface area contributed by atoms with Gasteiger partial charge in [-0.1, -0.05) is 6.07 Å². The Labute approximate surface area is 156 Å². The Kier molecular flexibility index (Phi) is 4.85. The van der Waals surface area contributed by atoms with Gasteiger partial charge in [0.05, 0.1) is 24.8 Å². The first-order chi connectivity index (χ1) is 12.7. The number of amides is 1. The van der Waals surface area contributed by atoms with Gasteiger partial charge in [-0.3, -0.25) is 14.4 Å². The van der Waals surface area contributed by atoms with Gasteiger partial charge in [0.25, 0.3) is 0 Å². The largest absolute Gasteiger partial charge is 0.349 e. The third-order valence-corrected chi connectivity index (χ3v) is 5.51. The lowest BCUT2D eigenvalue weighted by molar-refractivity contribution is -0.125. The van der Waals surface area contributed by atoms with Crippen LogP contribution in [-0.4, -0.2) is 36.7 Å². The van der Waals surface area contributed by atoms with Gasteiger partial charge in [-0.05, 0) is 18.4 Å². The molecule has 1 N–H and O–H groups in total. The number of hydrogen-bond donors (Lipinski definition) is 1. The number of hydrogen-bond acceptors (Lipinski definition) is 5. The molecule has 0 unspecified atom stereocenters. The highest BCUT2D eigenvalue weighted by molar-refractivity contribution is 7.09. The smallest absolute Gasteiger partial charge is 0.244 e. The van der Waals surface area contributed by atoms with Crippen molar-refractivity contribution in [2.45, 2.75) is 39.1 Å². The standard InChI is InChI=1S/C18H22N6OS/c1-2-23-10-14(6-21-23)9-22-11-15-7-19-13-24(15)17(12-22)18(25)20-8-16-4-3-5-26-16/h3-7,10,13,17H,2,8-9,11-12H2,1H3,(H,20,25)/t17-/m0/s1. The molecule has 0 bridgehead atoms. The number of aromatic nitrogens is 4. The van der Waals surface area contributed by atoms with Gasteiger partial charge in [-0.2, -0.15) is 5.10 Å². The molecule has 3 aromatic heterocycles. The fourth-order valence-electron chi connectivity index (χ4n) is 3.32. The Morgan fingerprint density at radius 1 is 1.42 bits per heavy atom. The van der Waals surface area contributed by atoms with Crippen molar-refractivity contribution in [3.8, 4) is 0 Å². The molecule has 1 atom stereocenters. The van der Waals surface area contributed by atoms with E-state index in [-0.39, 0.29) is 11.9 Å². The van der Waals surface area contributed by atoms with E-state index in [4.69, 9.17) is 0 Å². The molecule has 4 rings (SSSR count). The number of carbonyl (C=O) groups is 1. The predicted molar refractivity (Wildman–Crippen MR) is 99.4 cm³/mol. The molecule has 4 heterocycles. The summed E-state index contributed by atoms with van der Waals surface area (Å²) in [6.45, 7) is 5.73. The van der Waals surface area contributed by atoms with Crippen LogP contribution in [0.3, 0.4) is 0 Å². The highest BCUT2D eigenvalue weighted by atomic mass is 32.1. The molecule has 0 radical (unpaired) electrons. The molecule has 0 fully saturated rings. The van der Waals surface area contributed by atoms with Gasteiger partial charge in [-0.25, -0.2) is 4.98 Å². The van der Waals surface area contributed by atoms with Crippen molar-refractivity contribution in [2.75, 3.05) is 6.54 Å². The Balaban J connectivity index is 1.46. The van der Waals surface area contributed by atoms with Crippen LogP contribution >= 0.6 is 11.3 Å². The summed E-state index contributed by atoms with van der Waals surface area (Å²) in [5.74, 6) is 0.0339. The second-order valence-electron chi connectivity index (χ2n) is 6.48. The van der Waals surface area contributed by atoms with Crippen LogP contribution in [-0.2, 0) is 31.0 Å². The van der Waals surface area contributed by atoms with E-state index in [9.17, 15) is 4.79 Å². The van der Waals surface area contributed by atoms with E-state index in [1.54, 1.807) is 17.7 Å². The average Bonchev–Trinajstić information content (AvgIpc) is 3.40. The van der Waals surface area contributed by atoms with E-state index in [0.29, 0.717) is 13.1 Å². The molecule has 0 aliphatic carbocycles. The molecular weight excluding hydrogens is 348 g/mol. The minimum atomic E-state index is -0.262. The van der Waals surface area contributed by atoms with Crippen molar-refractivity contribution in [1.82, 2.24) is 29.5 Å². The number of rotatable bonds is 6. The fourth-order valence-corrected chi connectivity index (χ4v) is 3.96. The first kappa shape index (κ1) is 17.0. The first-order valence-electron chi connectivity index (χ1n) is 8.77. The molecule has 1 aliphatic rings. The minimum absolute atomic E-state index is 0.0339. The monoisotopic (exact) mass is 370 g/mol. The van der Waals surface area contributed by atoms with Gasteiger partial charge in [-0.15, -0.1) is 11.3 Å². The van der Waals surface area contributed by atoms with E-state index in [1.807, 2.05) is 39.2 Å². The number of thiophene rings is 1. The van der Waals surface area contributed by atoms with E-state index < -0.39 is 0 Å². The summed E-state index contributed by atoms with van der Waals surface area (Å²) < 4.78 is 3.92. The zero-order valence-electron chi connectivity index (χ0n) is 14.7. The van der Waals surface area contributed by atoms with Crippen LogP contribution in [0, 0.1) is 0 Å². The van der Waals surface area contributed by atoms with Gasteiger partial charge in [0.15, 0.2) is 0 Å². The topological polar surface area (TPSA) is 68.0 Å². The molecule has 1 aliphatic heterocycles. The van der Waals surface area contributed by atoms with Crippen LogP contribution in [0.4, 0.5) is 0 Å². The van der Waals surface area contributed by atoms with Crippen molar-refractivity contribution in [1.29, 1.82) is 0 Å². The lowest BCUT2D eigenvalue weighted by Crippen LogP contribution is -2.43. The molecule has 0 aromatic carbocycles. The molecule has 8 heteroatoms. The summed E-state index contributed by atoms with van der Waals surface area (Å²) in [5, 5.41) is 9.43. The van der Waals surface area contributed by atoms with Gasteiger partial charge < -0.3 is 9.88 Å². The second-order valence-corrected chi connectivity index (χ2v) is 7.51. The molecule has 136 valence electrons. The van der Waals surface area contributed by atoms with Crippen LogP contribution < -0.4 is 5.32 Å². The van der Waals surface area contributed by atoms with Crippen LogP contribution in [0.1, 0.15) is 29.1 Å². The lowest BCUT2D eigenvalue weighted by Gasteiger charge is -2.33. The number of nitrogens with zero attached hydrogens (tertiary/aromatic N) is 5. The normalized spacial score (nSPS) is 17.2. The van der Waals surface area contributed by atoms with Crippen molar-refractivity contribution in [2.24, 2.45) is 0 Å². The Morgan fingerprint density at radius 2 is 2.35 bits per heavy atom. The van der Waals surface area contributed by atoms with Gasteiger partial charge in [0, 0.05) is 49.0 Å². The number of aryl methyl sites for hydroxylation is 1. The summed E-state index contributed by atoms with van der Waals surface area (Å²) in [7, 11) is 0. The van der Waals surface area contributed by atoms with Crippen molar-refractivity contribution in [3.63, 3.8) is 0 Å². The highest BCUT2D eigenvalue weighted by Crippen LogP contribution is 2.23. The maximum absolute atomic E-state index is 12.8. The first-order valence-corrected chi connectivity index (χ1v) is 9.65. The number of nitrogens with one attached hydrogen (secondary N) is 1. The Morgan fingerprint density at radius 3 is 3.12 bits per heavy atom. The molecule has 26 heavy (non-hydrogen) atoms. The fraction of sp³-hybridized carbons (Fsp3) is 0.389. The van der Waals surface area contributed by atoms with E-state index in [1.165, 1.54) is 0 Å². The Bertz CT molecular complexity index is 868. The quantitative estimate of drug-likeness (QED) is 0.721. The molecule has 0 saturated heterocycles. The van der Waals surface area contributed by atoms with Crippen LogP contribution in [0.2, 0.25) is 0 Å². The SMILES string of the molecule is CCn1cc(CN2Cc3cncn3[C@H](C(=O)NCc3cccs3)C2)cn1. The second kappa shape index (κ2) is 7.43. The molecule has 3 aromatic rings. The van der Waals surface area contributed by atoms with Crippen molar-refractivity contribution in [3.05, 3.63) is 58.6 Å². The number of fused-ring (bicyclic) bond motifs is 1. The summed E-state index contributed by atoms with van der Waals surface area (Å²) in [6, 6.07) is 3.77. The van der Waals surface area contributed by atoms with Crippen molar-refractivity contribution < 1.29 is 4.79 Å². The zero-order valence-corrected chi connectivity index (χ0v) is 15.5. The van der Waals surface area contributed by atoms with E-state index in [0.717, 1.165) is 35.8 Å². The summed E-state index contributed by atoms with van der Waals surface area (Å²) in [4.78, 5) is 20.5. The summed E-state index contributed by atoms with van der Waals surface area (Å²) >= 11 is 1.65. The number of carbonyl (C=O) groups excluding carboxylic acids is 1. The Hall–Kier alpha value is -2.45.